The van der Waals surface area contributed by atoms with E-state index in [1.54, 1.807) is 30.3 Å². The summed E-state index contributed by atoms with van der Waals surface area (Å²) in [7, 11) is 0. The maximum atomic E-state index is 12.4. The molecule has 0 aliphatic heterocycles. The topological polar surface area (TPSA) is 62.3 Å². The highest BCUT2D eigenvalue weighted by molar-refractivity contribution is 6.32. The number of aromatic nitrogens is 1. The van der Waals surface area contributed by atoms with Crippen LogP contribution in [0.25, 0.3) is 22.3 Å². The van der Waals surface area contributed by atoms with E-state index in [4.69, 9.17) is 11.6 Å². The molecule has 0 amide bonds. The van der Waals surface area contributed by atoms with Crippen LogP contribution in [0, 0.1) is 0 Å². The molecule has 26 heavy (non-hydrogen) atoms. The maximum Gasteiger partial charge on any atom is 0.573 e. The first-order valence-electron chi connectivity index (χ1n) is 7.31. The Kier molecular flexibility index (Phi) is 4.65. The Balaban J connectivity index is 2.04. The van der Waals surface area contributed by atoms with E-state index in [2.05, 4.69) is 9.72 Å². The zero-order valence-corrected chi connectivity index (χ0v) is 13.7. The largest absolute Gasteiger partial charge is 0.573 e. The van der Waals surface area contributed by atoms with E-state index in [9.17, 15) is 23.1 Å². The minimum absolute atomic E-state index is 0.0405. The number of pyridine rings is 1. The summed E-state index contributed by atoms with van der Waals surface area (Å²) >= 11 is 6.00. The fourth-order valence-electron chi connectivity index (χ4n) is 2.52. The zero-order valence-electron chi connectivity index (χ0n) is 13.0. The predicted octanol–water partition coefficient (Wildman–Crippen LogP) is 4.97. The first-order valence-corrected chi connectivity index (χ1v) is 7.69. The quantitative estimate of drug-likeness (QED) is 0.630. The molecular weight excluding hydrogens is 371 g/mol. The van der Waals surface area contributed by atoms with E-state index in [1.165, 1.54) is 18.2 Å². The maximum absolute atomic E-state index is 12.4. The van der Waals surface area contributed by atoms with E-state index < -0.39 is 11.9 Å². The standard InChI is InChI=1S/C18H11ClF3NO3/c19-17-16(14(24)9-15(25)23-17)12-5-1-3-10(7-12)11-4-2-6-13(8-11)26-18(20,21)22/h1-9H,(H2,23,24,25). The third-order valence-corrected chi connectivity index (χ3v) is 3.81. The lowest BCUT2D eigenvalue weighted by Gasteiger charge is -2.11. The van der Waals surface area contributed by atoms with Crippen LogP contribution >= 0.6 is 11.6 Å². The molecule has 0 radical (unpaired) electrons. The molecule has 0 saturated carbocycles. The van der Waals surface area contributed by atoms with Gasteiger partial charge < -0.3 is 14.8 Å². The molecule has 2 N–H and O–H groups in total. The number of halogens is 4. The van der Waals surface area contributed by atoms with Crippen molar-refractivity contribution >= 4 is 11.6 Å². The molecule has 0 aliphatic rings. The number of nitrogens with one attached hydrogen (secondary N) is 1. The van der Waals surface area contributed by atoms with Crippen molar-refractivity contribution in [2.45, 2.75) is 6.36 Å². The summed E-state index contributed by atoms with van der Waals surface area (Å²) in [4.78, 5) is 13.7. The fourth-order valence-corrected chi connectivity index (χ4v) is 2.82. The molecule has 3 aromatic rings. The lowest BCUT2D eigenvalue weighted by Crippen LogP contribution is -2.17. The minimum atomic E-state index is -4.78. The van der Waals surface area contributed by atoms with Gasteiger partial charge >= 0.3 is 6.36 Å². The molecule has 1 heterocycles. The number of rotatable bonds is 3. The van der Waals surface area contributed by atoms with Gasteiger partial charge in [0.2, 0.25) is 0 Å². The van der Waals surface area contributed by atoms with Crippen molar-refractivity contribution in [1.29, 1.82) is 0 Å². The van der Waals surface area contributed by atoms with Gasteiger partial charge in [-0.3, -0.25) is 4.79 Å². The van der Waals surface area contributed by atoms with Crippen LogP contribution in [0.1, 0.15) is 0 Å². The van der Waals surface area contributed by atoms with Crippen molar-refractivity contribution in [3.05, 3.63) is 70.1 Å². The molecule has 0 spiro atoms. The summed E-state index contributed by atoms with van der Waals surface area (Å²) in [5.74, 6) is -0.643. The molecule has 3 rings (SSSR count). The molecule has 1 aromatic heterocycles. The molecule has 0 bridgehead atoms. The van der Waals surface area contributed by atoms with Crippen molar-refractivity contribution in [3.8, 4) is 33.8 Å². The summed E-state index contributed by atoms with van der Waals surface area (Å²) in [6.45, 7) is 0. The van der Waals surface area contributed by atoms with Crippen LogP contribution in [0.4, 0.5) is 13.2 Å². The van der Waals surface area contributed by atoms with Gasteiger partial charge in [-0.05, 0) is 34.9 Å². The highest BCUT2D eigenvalue weighted by Crippen LogP contribution is 2.36. The van der Waals surface area contributed by atoms with Crippen LogP contribution in [0.2, 0.25) is 5.15 Å². The van der Waals surface area contributed by atoms with Gasteiger partial charge in [-0.25, -0.2) is 0 Å². The van der Waals surface area contributed by atoms with E-state index in [0.717, 1.165) is 6.07 Å². The Morgan fingerprint density at radius 3 is 2.23 bits per heavy atom. The van der Waals surface area contributed by atoms with Gasteiger partial charge in [-0.15, -0.1) is 13.2 Å². The second-order valence-electron chi connectivity index (χ2n) is 5.36. The normalized spacial score (nSPS) is 11.4. The first-order chi connectivity index (χ1) is 12.2. The third-order valence-electron chi connectivity index (χ3n) is 3.53. The van der Waals surface area contributed by atoms with E-state index in [-0.39, 0.29) is 22.2 Å². The lowest BCUT2D eigenvalue weighted by molar-refractivity contribution is -0.274. The lowest BCUT2D eigenvalue weighted by atomic mass is 9.99. The van der Waals surface area contributed by atoms with Crippen LogP contribution in [0.15, 0.2) is 59.4 Å². The van der Waals surface area contributed by atoms with Crippen LogP contribution in [0.3, 0.4) is 0 Å². The molecular formula is C18H11ClF3NO3. The van der Waals surface area contributed by atoms with Gasteiger partial charge in [0.05, 0.1) is 5.56 Å². The SMILES string of the molecule is O=c1cc(O)c(-c2cccc(-c3cccc(OC(F)(F)F)c3)c2)c(Cl)[nH]1. The van der Waals surface area contributed by atoms with Crippen molar-refractivity contribution in [2.24, 2.45) is 0 Å². The number of aromatic amines is 1. The third kappa shape index (κ3) is 4.00. The summed E-state index contributed by atoms with van der Waals surface area (Å²) in [6, 6.07) is 13.1. The smallest absolute Gasteiger partial charge is 0.507 e. The Labute approximate surface area is 150 Å². The Hall–Kier alpha value is -2.93. The molecule has 0 unspecified atom stereocenters. The summed E-state index contributed by atoms with van der Waals surface area (Å²) in [6.07, 6.45) is -4.78. The van der Waals surface area contributed by atoms with E-state index in [0.29, 0.717) is 16.7 Å². The number of aromatic hydroxyl groups is 1. The second-order valence-corrected chi connectivity index (χ2v) is 5.74. The predicted molar refractivity (Wildman–Crippen MR) is 91.3 cm³/mol. The minimum Gasteiger partial charge on any atom is -0.507 e. The van der Waals surface area contributed by atoms with Crippen molar-refractivity contribution in [2.75, 3.05) is 0 Å². The molecule has 0 saturated heterocycles. The van der Waals surface area contributed by atoms with Gasteiger partial charge in [0, 0.05) is 6.07 Å². The molecule has 2 aromatic carbocycles. The van der Waals surface area contributed by atoms with Gasteiger partial charge in [0.1, 0.15) is 16.7 Å². The van der Waals surface area contributed by atoms with Crippen LogP contribution < -0.4 is 10.3 Å². The summed E-state index contributed by atoms with van der Waals surface area (Å²) in [5, 5.41) is 9.97. The number of ether oxygens (including phenoxy) is 1. The average molecular weight is 382 g/mol. The highest BCUT2D eigenvalue weighted by Gasteiger charge is 2.31. The van der Waals surface area contributed by atoms with Crippen molar-refractivity contribution in [1.82, 2.24) is 4.98 Å². The van der Waals surface area contributed by atoms with Crippen LogP contribution in [0.5, 0.6) is 11.5 Å². The number of H-pyrrole nitrogens is 1. The first kappa shape index (κ1) is 17.9. The second kappa shape index (κ2) is 6.76. The summed E-state index contributed by atoms with van der Waals surface area (Å²) in [5.41, 5.74) is 1.22. The molecule has 8 heteroatoms. The number of alkyl halides is 3. The molecule has 0 atom stereocenters. The van der Waals surface area contributed by atoms with Gasteiger partial charge in [0.15, 0.2) is 0 Å². The van der Waals surface area contributed by atoms with Gasteiger partial charge in [0.25, 0.3) is 5.56 Å². The number of benzene rings is 2. The van der Waals surface area contributed by atoms with Crippen molar-refractivity contribution in [3.63, 3.8) is 0 Å². The van der Waals surface area contributed by atoms with Crippen LogP contribution in [-0.4, -0.2) is 16.5 Å². The van der Waals surface area contributed by atoms with E-state index in [1.807, 2.05) is 0 Å². The molecule has 0 aliphatic carbocycles. The monoisotopic (exact) mass is 381 g/mol. The van der Waals surface area contributed by atoms with Gasteiger partial charge in [-0.1, -0.05) is 41.9 Å². The average Bonchev–Trinajstić information content (AvgIpc) is 2.53. The number of hydrogen-bond acceptors (Lipinski definition) is 3. The Bertz CT molecular complexity index is 989. The Morgan fingerprint density at radius 2 is 1.58 bits per heavy atom. The Morgan fingerprint density at radius 1 is 0.962 bits per heavy atom. The van der Waals surface area contributed by atoms with Crippen molar-refractivity contribution < 1.29 is 23.0 Å². The zero-order chi connectivity index (χ0) is 18.9. The molecule has 134 valence electrons. The molecule has 0 fully saturated rings. The van der Waals surface area contributed by atoms with Crippen LogP contribution in [-0.2, 0) is 0 Å². The van der Waals surface area contributed by atoms with Gasteiger partial charge in [-0.2, -0.15) is 0 Å². The fraction of sp³-hybridized carbons (Fsp3) is 0.0556. The highest BCUT2D eigenvalue weighted by atomic mass is 35.5. The number of hydrogen-bond donors (Lipinski definition) is 2. The summed E-state index contributed by atoms with van der Waals surface area (Å²) < 4.78 is 41.1. The molecule has 4 nitrogen and oxygen atoms in total. The van der Waals surface area contributed by atoms with E-state index >= 15 is 0 Å².